The fourth-order valence-electron chi connectivity index (χ4n) is 2.44. The van der Waals surface area contributed by atoms with Crippen molar-refractivity contribution in [3.8, 4) is 5.75 Å². The van der Waals surface area contributed by atoms with Gasteiger partial charge in [0.15, 0.2) is 0 Å². The van der Waals surface area contributed by atoms with Gasteiger partial charge in [-0.05, 0) is 24.1 Å². The van der Waals surface area contributed by atoms with E-state index in [-0.39, 0.29) is 12.0 Å². The molecule has 0 bridgehead atoms. The molecule has 1 aromatic carbocycles. The number of nitrogens with one attached hydrogen (secondary N) is 1. The molecule has 0 saturated heterocycles. The normalized spacial score (nSPS) is 22.1. The fraction of sp³-hybridized carbons (Fsp3) is 0.417. The van der Waals surface area contributed by atoms with E-state index in [0.29, 0.717) is 13.0 Å². The molecule has 16 heavy (non-hydrogen) atoms. The number of ether oxygens (including phenoxy) is 1. The van der Waals surface area contributed by atoms with Crippen molar-refractivity contribution >= 4 is 11.6 Å². The maximum absolute atomic E-state index is 11.3. The van der Waals surface area contributed by atoms with Crippen LogP contribution in [0.25, 0.3) is 0 Å². The molecule has 0 aliphatic carbocycles. The molecule has 1 unspecified atom stereocenters. The van der Waals surface area contributed by atoms with E-state index in [9.17, 15) is 4.79 Å². The summed E-state index contributed by atoms with van der Waals surface area (Å²) in [5, 5.41) is 2.90. The number of nitrogens with two attached hydrogens (primary N) is 1. The Morgan fingerprint density at radius 3 is 3.06 bits per heavy atom. The van der Waals surface area contributed by atoms with Crippen LogP contribution >= 0.6 is 0 Å². The molecular weight excluding hydrogens is 204 g/mol. The first-order valence-corrected chi connectivity index (χ1v) is 5.59. The molecule has 0 aromatic heterocycles. The number of anilines is 1. The Hall–Kier alpha value is -1.55. The van der Waals surface area contributed by atoms with Crippen molar-refractivity contribution in [3.63, 3.8) is 0 Å². The molecule has 4 heteroatoms. The maximum atomic E-state index is 11.3. The van der Waals surface area contributed by atoms with E-state index < -0.39 is 0 Å². The highest BCUT2D eigenvalue weighted by Crippen LogP contribution is 2.37. The number of carbonyl (C=O) groups excluding carboxylic acids is 1. The van der Waals surface area contributed by atoms with E-state index in [2.05, 4.69) is 5.32 Å². The van der Waals surface area contributed by atoms with Crippen LogP contribution in [0, 0.1) is 0 Å². The largest absolute Gasteiger partial charge is 0.488 e. The number of carbonyl (C=O) groups is 1. The van der Waals surface area contributed by atoms with Crippen molar-refractivity contribution in [2.24, 2.45) is 5.73 Å². The van der Waals surface area contributed by atoms with Crippen molar-refractivity contribution in [1.29, 1.82) is 0 Å². The molecule has 3 N–H and O–H groups in total. The van der Waals surface area contributed by atoms with Gasteiger partial charge in [0.25, 0.3) is 0 Å². The van der Waals surface area contributed by atoms with Crippen molar-refractivity contribution in [2.45, 2.75) is 25.4 Å². The van der Waals surface area contributed by atoms with Gasteiger partial charge in [0.1, 0.15) is 11.9 Å². The summed E-state index contributed by atoms with van der Waals surface area (Å²) in [6.45, 7) is 0.538. The van der Waals surface area contributed by atoms with Crippen molar-refractivity contribution in [1.82, 2.24) is 0 Å². The Morgan fingerprint density at radius 2 is 2.25 bits per heavy atom. The third-order valence-electron chi connectivity index (χ3n) is 3.25. The fourth-order valence-corrected chi connectivity index (χ4v) is 2.44. The molecule has 2 heterocycles. The Morgan fingerprint density at radius 1 is 1.38 bits per heavy atom. The number of hydrogen-bond donors (Lipinski definition) is 2. The Bertz CT molecular complexity index is 457. The van der Waals surface area contributed by atoms with Gasteiger partial charge in [-0.15, -0.1) is 0 Å². The molecule has 1 atom stereocenters. The van der Waals surface area contributed by atoms with Crippen LogP contribution in [0.15, 0.2) is 12.1 Å². The molecule has 1 aromatic rings. The van der Waals surface area contributed by atoms with Crippen LogP contribution in [-0.2, 0) is 17.6 Å². The lowest BCUT2D eigenvalue weighted by Crippen LogP contribution is -2.24. The molecule has 4 nitrogen and oxygen atoms in total. The standard InChI is InChI=1S/C12H14N2O2/c13-6-7-5-9-8-1-4-12(15)14-10(8)2-3-11(9)16-7/h2-3,7H,1,4-6,13H2,(H,14,15). The molecule has 2 aliphatic rings. The highest BCUT2D eigenvalue weighted by atomic mass is 16.5. The third-order valence-corrected chi connectivity index (χ3v) is 3.25. The summed E-state index contributed by atoms with van der Waals surface area (Å²) in [5.41, 5.74) is 9.02. The van der Waals surface area contributed by atoms with Crippen molar-refractivity contribution in [2.75, 3.05) is 11.9 Å². The second kappa shape index (κ2) is 3.49. The predicted octanol–water partition coefficient (Wildman–Crippen LogP) is 0.833. The lowest BCUT2D eigenvalue weighted by atomic mass is 9.95. The summed E-state index contributed by atoms with van der Waals surface area (Å²) in [7, 11) is 0. The predicted molar refractivity (Wildman–Crippen MR) is 60.6 cm³/mol. The Kier molecular flexibility index (Phi) is 2.11. The van der Waals surface area contributed by atoms with Gasteiger partial charge in [-0.3, -0.25) is 4.79 Å². The summed E-state index contributed by atoms with van der Waals surface area (Å²) >= 11 is 0. The van der Waals surface area contributed by atoms with Crippen LogP contribution in [-0.4, -0.2) is 18.6 Å². The van der Waals surface area contributed by atoms with Gasteiger partial charge >= 0.3 is 0 Å². The summed E-state index contributed by atoms with van der Waals surface area (Å²) in [6.07, 6.45) is 2.34. The van der Waals surface area contributed by atoms with Crippen LogP contribution in [0.2, 0.25) is 0 Å². The van der Waals surface area contributed by atoms with Crippen LogP contribution in [0.1, 0.15) is 17.5 Å². The van der Waals surface area contributed by atoms with E-state index >= 15 is 0 Å². The van der Waals surface area contributed by atoms with Crippen LogP contribution in [0.4, 0.5) is 5.69 Å². The monoisotopic (exact) mass is 218 g/mol. The van der Waals surface area contributed by atoms with Crippen LogP contribution < -0.4 is 15.8 Å². The molecule has 0 spiro atoms. The molecule has 0 saturated carbocycles. The number of rotatable bonds is 1. The number of benzene rings is 1. The Balaban J connectivity index is 2.02. The zero-order valence-electron chi connectivity index (χ0n) is 8.95. The van der Waals surface area contributed by atoms with Gasteiger partial charge in [-0.1, -0.05) is 0 Å². The molecule has 84 valence electrons. The minimum absolute atomic E-state index is 0.0964. The first-order valence-electron chi connectivity index (χ1n) is 5.59. The Labute approximate surface area is 93.8 Å². The topological polar surface area (TPSA) is 64.4 Å². The number of fused-ring (bicyclic) bond motifs is 3. The molecule has 3 rings (SSSR count). The highest BCUT2D eigenvalue weighted by Gasteiger charge is 2.28. The van der Waals surface area contributed by atoms with E-state index in [4.69, 9.17) is 10.5 Å². The zero-order chi connectivity index (χ0) is 11.1. The van der Waals surface area contributed by atoms with E-state index in [1.54, 1.807) is 0 Å². The van der Waals surface area contributed by atoms with Gasteiger partial charge in [0, 0.05) is 30.6 Å². The third kappa shape index (κ3) is 1.38. The van der Waals surface area contributed by atoms with Crippen molar-refractivity contribution < 1.29 is 9.53 Å². The molecular formula is C12H14N2O2. The lowest BCUT2D eigenvalue weighted by molar-refractivity contribution is -0.116. The van der Waals surface area contributed by atoms with E-state index in [1.807, 2.05) is 12.1 Å². The number of hydrogen-bond acceptors (Lipinski definition) is 3. The van der Waals surface area contributed by atoms with Crippen LogP contribution in [0.5, 0.6) is 5.75 Å². The van der Waals surface area contributed by atoms with Gasteiger partial charge < -0.3 is 15.8 Å². The zero-order valence-corrected chi connectivity index (χ0v) is 8.95. The second-order valence-corrected chi connectivity index (χ2v) is 4.30. The smallest absolute Gasteiger partial charge is 0.224 e. The van der Waals surface area contributed by atoms with Gasteiger partial charge in [-0.2, -0.15) is 0 Å². The SMILES string of the molecule is NCC1Cc2c(ccc3c2CCC(=O)N3)O1. The summed E-state index contributed by atoms with van der Waals surface area (Å²) < 4.78 is 5.71. The minimum Gasteiger partial charge on any atom is -0.488 e. The molecule has 2 aliphatic heterocycles. The summed E-state index contributed by atoms with van der Waals surface area (Å²) in [4.78, 5) is 11.3. The van der Waals surface area contributed by atoms with Gasteiger partial charge in [-0.25, -0.2) is 0 Å². The summed E-state index contributed by atoms with van der Waals surface area (Å²) in [5.74, 6) is 1.03. The van der Waals surface area contributed by atoms with Crippen molar-refractivity contribution in [3.05, 3.63) is 23.3 Å². The second-order valence-electron chi connectivity index (χ2n) is 4.30. The van der Waals surface area contributed by atoms with Gasteiger partial charge in [0.05, 0.1) is 0 Å². The van der Waals surface area contributed by atoms with E-state index in [1.165, 1.54) is 11.1 Å². The quantitative estimate of drug-likeness (QED) is 0.734. The molecule has 0 fully saturated rings. The average Bonchev–Trinajstić information content (AvgIpc) is 2.71. The highest BCUT2D eigenvalue weighted by molar-refractivity contribution is 5.94. The average molecular weight is 218 g/mol. The van der Waals surface area contributed by atoms with Gasteiger partial charge in [0.2, 0.25) is 5.91 Å². The van der Waals surface area contributed by atoms with Crippen LogP contribution in [0.3, 0.4) is 0 Å². The first-order chi connectivity index (χ1) is 7.78. The maximum Gasteiger partial charge on any atom is 0.224 e. The minimum atomic E-state index is 0.0964. The number of amides is 1. The molecule has 1 amide bonds. The first kappa shape index (κ1) is 9.66. The molecule has 0 radical (unpaired) electrons. The summed E-state index contributed by atoms with van der Waals surface area (Å²) in [6, 6.07) is 3.85. The van der Waals surface area contributed by atoms with E-state index in [0.717, 1.165) is 24.3 Å². The lowest BCUT2D eigenvalue weighted by Gasteiger charge is -2.18.